The van der Waals surface area contributed by atoms with Gasteiger partial charge in [0.25, 0.3) is 0 Å². The highest BCUT2D eigenvalue weighted by atomic mass is 16.4. The quantitative estimate of drug-likeness (QED) is 0.892. The van der Waals surface area contributed by atoms with E-state index in [9.17, 15) is 14.7 Å². The number of hydrogen-bond donors (Lipinski definition) is 2. The number of carboxylic acids is 2. The van der Waals surface area contributed by atoms with Gasteiger partial charge in [-0.2, -0.15) is 0 Å². The van der Waals surface area contributed by atoms with E-state index in [0.717, 1.165) is 23.1 Å². The van der Waals surface area contributed by atoms with Crippen molar-refractivity contribution in [1.29, 1.82) is 0 Å². The third kappa shape index (κ3) is 2.39. The van der Waals surface area contributed by atoms with Crippen molar-refractivity contribution in [2.45, 2.75) is 38.0 Å². The molecule has 4 heteroatoms. The summed E-state index contributed by atoms with van der Waals surface area (Å²) in [7, 11) is 0. The van der Waals surface area contributed by atoms with Crippen LogP contribution in [0.2, 0.25) is 0 Å². The van der Waals surface area contributed by atoms with Crippen molar-refractivity contribution < 1.29 is 19.8 Å². The molecule has 0 saturated heterocycles. The summed E-state index contributed by atoms with van der Waals surface area (Å²) in [5.41, 5.74) is 3.27. The molecule has 1 atom stereocenters. The van der Waals surface area contributed by atoms with E-state index >= 15 is 0 Å². The lowest BCUT2D eigenvalue weighted by molar-refractivity contribution is 0.0686. The van der Waals surface area contributed by atoms with Crippen LogP contribution in [-0.2, 0) is 10.8 Å². The van der Waals surface area contributed by atoms with Gasteiger partial charge in [0.05, 0.1) is 11.1 Å². The number of carboxylic acid groups (broad SMARTS) is 2. The fourth-order valence-electron chi connectivity index (χ4n) is 4.04. The minimum atomic E-state index is -0.952. The Morgan fingerprint density at radius 1 is 0.833 bits per heavy atom. The Labute approximate surface area is 140 Å². The van der Waals surface area contributed by atoms with Gasteiger partial charge in [0.1, 0.15) is 0 Å². The van der Waals surface area contributed by atoms with Crippen molar-refractivity contribution >= 4 is 11.9 Å². The lowest BCUT2D eigenvalue weighted by atomic mass is 9.75. The predicted molar refractivity (Wildman–Crippen MR) is 90.9 cm³/mol. The van der Waals surface area contributed by atoms with Gasteiger partial charge in [-0.05, 0) is 52.8 Å². The highest BCUT2D eigenvalue weighted by Crippen LogP contribution is 2.52. The first-order chi connectivity index (χ1) is 11.1. The van der Waals surface area contributed by atoms with Crippen molar-refractivity contribution in [3.05, 3.63) is 70.3 Å². The van der Waals surface area contributed by atoms with Crippen molar-refractivity contribution in [1.82, 2.24) is 0 Å². The van der Waals surface area contributed by atoms with Gasteiger partial charge in [-0.15, -0.1) is 0 Å². The van der Waals surface area contributed by atoms with Crippen molar-refractivity contribution in [3.63, 3.8) is 0 Å². The zero-order chi connectivity index (χ0) is 17.7. The Balaban J connectivity index is 2.17. The zero-order valence-electron chi connectivity index (χ0n) is 14.0. The van der Waals surface area contributed by atoms with Gasteiger partial charge in [-0.25, -0.2) is 9.59 Å². The summed E-state index contributed by atoms with van der Waals surface area (Å²) >= 11 is 0. The topological polar surface area (TPSA) is 74.6 Å². The molecule has 0 radical (unpaired) electrons. The Kier molecular flexibility index (Phi) is 3.52. The van der Waals surface area contributed by atoms with Crippen LogP contribution in [-0.4, -0.2) is 22.2 Å². The van der Waals surface area contributed by atoms with Gasteiger partial charge >= 0.3 is 11.9 Å². The molecule has 2 aromatic rings. The van der Waals surface area contributed by atoms with E-state index in [1.165, 1.54) is 0 Å². The first-order valence-corrected chi connectivity index (χ1v) is 7.87. The molecular formula is C20H20O4. The van der Waals surface area contributed by atoms with Crippen molar-refractivity contribution in [2.24, 2.45) is 0 Å². The molecule has 0 aliphatic heterocycles. The van der Waals surface area contributed by atoms with Crippen LogP contribution in [0.25, 0.3) is 0 Å². The molecule has 3 rings (SSSR count). The maximum absolute atomic E-state index is 11.4. The second-order valence-electron chi connectivity index (χ2n) is 7.34. The lowest BCUT2D eigenvalue weighted by Crippen LogP contribution is -2.23. The molecule has 0 bridgehead atoms. The minimum absolute atomic E-state index is 0.0768. The molecule has 0 aromatic heterocycles. The first kappa shape index (κ1) is 16.2. The Hall–Kier alpha value is -2.62. The SMILES string of the molecule is CC1(C)CC(C)(c2ccc(C(=O)O)cc2)c2cc(C(=O)O)ccc21. The average Bonchev–Trinajstić information content (AvgIpc) is 2.74. The lowest BCUT2D eigenvalue weighted by Gasteiger charge is -2.28. The van der Waals surface area contributed by atoms with Gasteiger partial charge in [0.15, 0.2) is 0 Å². The standard InChI is InChI=1S/C20H20O4/c1-19(2)11-20(3,14-7-4-12(5-8-14)17(21)22)16-10-13(18(23)24)6-9-15(16)19/h4-10H,11H2,1-3H3,(H,21,22)(H,23,24). The Morgan fingerprint density at radius 3 is 1.92 bits per heavy atom. The number of aromatic carboxylic acids is 2. The van der Waals surface area contributed by atoms with Crippen LogP contribution >= 0.6 is 0 Å². The second-order valence-corrected chi connectivity index (χ2v) is 7.34. The van der Waals surface area contributed by atoms with Crippen LogP contribution in [0.3, 0.4) is 0 Å². The molecule has 1 aliphatic rings. The molecule has 0 amide bonds. The molecule has 2 aromatic carbocycles. The summed E-state index contributed by atoms with van der Waals surface area (Å²) in [4.78, 5) is 22.4. The van der Waals surface area contributed by atoms with Crippen LogP contribution < -0.4 is 0 Å². The summed E-state index contributed by atoms with van der Waals surface area (Å²) in [6.07, 6.45) is 0.838. The molecule has 124 valence electrons. The van der Waals surface area contributed by atoms with E-state index < -0.39 is 11.9 Å². The summed E-state index contributed by atoms with van der Waals surface area (Å²) in [6, 6.07) is 12.2. The molecule has 0 saturated carbocycles. The third-order valence-corrected chi connectivity index (χ3v) is 5.15. The number of rotatable bonds is 3. The zero-order valence-corrected chi connectivity index (χ0v) is 14.0. The van der Waals surface area contributed by atoms with E-state index in [-0.39, 0.29) is 22.0 Å². The highest BCUT2D eigenvalue weighted by molar-refractivity contribution is 5.88. The van der Waals surface area contributed by atoms with E-state index in [0.29, 0.717) is 0 Å². The number of hydrogen-bond acceptors (Lipinski definition) is 2. The number of fused-ring (bicyclic) bond motifs is 1. The molecule has 0 spiro atoms. The summed E-state index contributed by atoms with van der Waals surface area (Å²) in [5, 5.41) is 18.4. The van der Waals surface area contributed by atoms with Crippen LogP contribution in [0.4, 0.5) is 0 Å². The smallest absolute Gasteiger partial charge is 0.335 e. The largest absolute Gasteiger partial charge is 0.478 e. The summed E-state index contributed by atoms with van der Waals surface area (Å²) in [5.74, 6) is -1.89. The van der Waals surface area contributed by atoms with Crippen LogP contribution in [0, 0.1) is 0 Å². The van der Waals surface area contributed by atoms with Gasteiger partial charge < -0.3 is 10.2 Å². The molecular weight excluding hydrogens is 304 g/mol. The molecule has 2 N–H and O–H groups in total. The maximum atomic E-state index is 11.4. The van der Waals surface area contributed by atoms with E-state index in [4.69, 9.17) is 5.11 Å². The molecule has 1 aliphatic carbocycles. The summed E-state index contributed by atoms with van der Waals surface area (Å²) in [6.45, 7) is 6.41. The number of carbonyl (C=O) groups is 2. The maximum Gasteiger partial charge on any atom is 0.335 e. The number of benzene rings is 2. The van der Waals surface area contributed by atoms with Crippen molar-refractivity contribution in [2.75, 3.05) is 0 Å². The molecule has 24 heavy (non-hydrogen) atoms. The molecule has 0 heterocycles. The normalized spacial score (nSPS) is 21.3. The van der Waals surface area contributed by atoms with E-state index in [1.807, 2.05) is 18.2 Å². The summed E-state index contributed by atoms with van der Waals surface area (Å²) < 4.78 is 0. The third-order valence-electron chi connectivity index (χ3n) is 5.15. The Morgan fingerprint density at radius 2 is 1.38 bits per heavy atom. The molecule has 0 fully saturated rings. The van der Waals surface area contributed by atoms with Crippen LogP contribution in [0.15, 0.2) is 42.5 Å². The fraction of sp³-hybridized carbons (Fsp3) is 0.300. The molecule has 1 unspecified atom stereocenters. The highest BCUT2D eigenvalue weighted by Gasteiger charge is 2.45. The van der Waals surface area contributed by atoms with Crippen LogP contribution in [0.5, 0.6) is 0 Å². The van der Waals surface area contributed by atoms with E-state index in [2.05, 4.69) is 20.8 Å². The average molecular weight is 324 g/mol. The Bertz CT molecular complexity index is 833. The molecule has 4 nitrogen and oxygen atoms in total. The second kappa shape index (κ2) is 5.20. The van der Waals surface area contributed by atoms with E-state index in [1.54, 1.807) is 24.3 Å². The van der Waals surface area contributed by atoms with Gasteiger partial charge in [0, 0.05) is 5.41 Å². The fourth-order valence-corrected chi connectivity index (χ4v) is 4.04. The van der Waals surface area contributed by atoms with Crippen LogP contribution in [0.1, 0.15) is 64.6 Å². The first-order valence-electron chi connectivity index (χ1n) is 7.87. The van der Waals surface area contributed by atoms with Gasteiger partial charge in [-0.3, -0.25) is 0 Å². The monoisotopic (exact) mass is 324 g/mol. The van der Waals surface area contributed by atoms with Gasteiger partial charge in [-0.1, -0.05) is 39.0 Å². The minimum Gasteiger partial charge on any atom is -0.478 e. The predicted octanol–water partition coefficient (Wildman–Crippen LogP) is 4.07. The van der Waals surface area contributed by atoms with Crippen molar-refractivity contribution in [3.8, 4) is 0 Å². The van der Waals surface area contributed by atoms with Gasteiger partial charge in [0.2, 0.25) is 0 Å².